The monoisotopic (exact) mass is 371 g/mol. The molecule has 1 amide bonds. The first kappa shape index (κ1) is 19.6. The molecule has 0 aliphatic carbocycles. The number of nitrogens with one attached hydrogen (secondary N) is 1. The quantitative estimate of drug-likeness (QED) is 0.845. The largest absolute Gasteiger partial charge is 0.348 e. The van der Waals surface area contributed by atoms with Gasteiger partial charge in [-0.15, -0.1) is 0 Å². The van der Waals surface area contributed by atoms with Crippen LogP contribution in [0.25, 0.3) is 0 Å². The van der Waals surface area contributed by atoms with Crippen LogP contribution in [0, 0.1) is 11.3 Å². The van der Waals surface area contributed by atoms with Crippen LogP contribution in [0.5, 0.6) is 0 Å². The Kier molecular flexibility index (Phi) is 6.14. The molecular formula is C19H21N3O3S. The Morgan fingerprint density at radius 2 is 1.69 bits per heavy atom. The second-order valence-corrected chi connectivity index (χ2v) is 8.13. The molecule has 2 aromatic rings. The highest BCUT2D eigenvalue weighted by Gasteiger charge is 2.23. The lowest BCUT2D eigenvalue weighted by molar-refractivity contribution is 0.0951. The summed E-state index contributed by atoms with van der Waals surface area (Å²) in [5.41, 5.74) is 1.81. The van der Waals surface area contributed by atoms with Crippen molar-refractivity contribution in [3.8, 4) is 6.07 Å². The van der Waals surface area contributed by atoms with Crippen molar-refractivity contribution < 1.29 is 13.2 Å². The Labute approximate surface area is 154 Å². The van der Waals surface area contributed by atoms with E-state index >= 15 is 0 Å². The molecule has 26 heavy (non-hydrogen) atoms. The third kappa shape index (κ3) is 4.48. The number of rotatable bonds is 6. The summed E-state index contributed by atoms with van der Waals surface area (Å²) in [6.07, 6.45) is 0. The van der Waals surface area contributed by atoms with Crippen molar-refractivity contribution in [2.75, 3.05) is 7.05 Å². The second kappa shape index (κ2) is 8.13. The fourth-order valence-electron chi connectivity index (χ4n) is 2.20. The van der Waals surface area contributed by atoms with E-state index < -0.39 is 10.0 Å². The standard InChI is InChI=1S/C19H21N3O3S/c1-14(2)22(3)26(24,25)18-10-8-17(9-11-18)19(23)21-13-16-6-4-15(12-20)5-7-16/h4-11,14H,13H2,1-3H3,(H,21,23). The molecule has 0 radical (unpaired) electrons. The van der Waals surface area contributed by atoms with Gasteiger partial charge in [0.05, 0.1) is 16.5 Å². The molecule has 0 saturated heterocycles. The van der Waals surface area contributed by atoms with Crippen molar-refractivity contribution in [2.24, 2.45) is 0 Å². The summed E-state index contributed by atoms with van der Waals surface area (Å²) in [7, 11) is -2.04. The average molecular weight is 371 g/mol. The molecule has 0 fully saturated rings. The zero-order chi connectivity index (χ0) is 19.3. The van der Waals surface area contributed by atoms with E-state index in [4.69, 9.17) is 5.26 Å². The van der Waals surface area contributed by atoms with Gasteiger partial charge >= 0.3 is 0 Å². The molecule has 136 valence electrons. The maximum Gasteiger partial charge on any atom is 0.251 e. The summed E-state index contributed by atoms with van der Waals surface area (Å²) < 4.78 is 26.1. The first-order valence-electron chi connectivity index (χ1n) is 8.11. The number of carbonyl (C=O) groups is 1. The summed E-state index contributed by atoms with van der Waals surface area (Å²) in [4.78, 5) is 12.4. The van der Waals surface area contributed by atoms with Crippen molar-refractivity contribution >= 4 is 15.9 Å². The predicted molar refractivity (Wildman–Crippen MR) is 98.9 cm³/mol. The van der Waals surface area contributed by atoms with Gasteiger partial charge in [0.2, 0.25) is 10.0 Å². The lowest BCUT2D eigenvalue weighted by Crippen LogP contribution is -2.33. The minimum absolute atomic E-state index is 0.150. The van der Waals surface area contributed by atoms with Crippen LogP contribution >= 0.6 is 0 Å². The molecule has 0 aliphatic rings. The Bertz CT molecular complexity index is 912. The minimum atomic E-state index is -3.57. The van der Waals surface area contributed by atoms with Crippen LogP contribution in [0.4, 0.5) is 0 Å². The molecule has 0 heterocycles. The summed E-state index contributed by atoms with van der Waals surface area (Å²) >= 11 is 0. The normalized spacial score (nSPS) is 11.4. The van der Waals surface area contributed by atoms with E-state index in [-0.39, 0.29) is 16.8 Å². The second-order valence-electron chi connectivity index (χ2n) is 6.13. The van der Waals surface area contributed by atoms with Gasteiger partial charge < -0.3 is 5.32 Å². The molecule has 0 unspecified atom stereocenters. The number of carbonyl (C=O) groups excluding carboxylic acids is 1. The Morgan fingerprint density at radius 3 is 2.19 bits per heavy atom. The summed E-state index contributed by atoms with van der Waals surface area (Å²) in [5.74, 6) is -0.296. The molecule has 0 atom stereocenters. The van der Waals surface area contributed by atoms with Gasteiger partial charge in [0.15, 0.2) is 0 Å². The molecule has 0 spiro atoms. The average Bonchev–Trinajstić information content (AvgIpc) is 2.65. The Balaban J connectivity index is 2.05. The van der Waals surface area contributed by atoms with E-state index in [0.29, 0.717) is 17.7 Å². The highest BCUT2D eigenvalue weighted by molar-refractivity contribution is 7.89. The van der Waals surface area contributed by atoms with E-state index in [9.17, 15) is 13.2 Å². The van der Waals surface area contributed by atoms with Crippen molar-refractivity contribution in [1.82, 2.24) is 9.62 Å². The number of nitriles is 1. The van der Waals surface area contributed by atoms with Gasteiger partial charge in [0.1, 0.15) is 0 Å². The van der Waals surface area contributed by atoms with Crippen LogP contribution < -0.4 is 5.32 Å². The number of nitrogens with zero attached hydrogens (tertiary/aromatic N) is 2. The van der Waals surface area contributed by atoms with Gasteiger partial charge in [-0.05, 0) is 55.8 Å². The lowest BCUT2D eigenvalue weighted by Gasteiger charge is -2.21. The predicted octanol–water partition coefficient (Wildman–Crippen LogP) is 2.52. The van der Waals surface area contributed by atoms with Gasteiger partial charge in [0.25, 0.3) is 5.91 Å². The van der Waals surface area contributed by atoms with Crippen molar-refractivity contribution in [3.05, 3.63) is 65.2 Å². The van der Waals surface area contributed by atoms with E-state index in [1.807, 2.05) is 6.07 Å². The fraction of sp³-hybridized carbons (Fsp3) is 0.263. The van der Waals surface area contributed by atoms with Crippen molar-refractivity contribution in [1.29, 1.82) is 5.26 Å². The highest BCUT2D eigenvalue weighted by atomic mass is 32.2. The maximum absolute atomic E-state index is 12.4. The van der Waals surface area contributed by atoms with E-state index in [1.165, 1.54) is 35.6 Å². The van der Waals surface area contributed by atoms with Gasteiger partial charge in [0, 0.05) is 25.2 Å². The highest BCUT2D eigenvalue weighted by Crippen LogP contribution is 2.17. The number of sulfonamides is 1. The number of benzene rings is 2. The smallest absolute Gasteiger partial charge is 0.251 e. The number of hydrogen-bond donors (Lipinski definition) is 1. The number of hydrogen-bond acceptors (Lipinski definition) is 4. The van der Waals surface area contributed by atoms with Crippen molar-refractivity contribution in [2.45, 2.75) is 31.3 Å². The molecule has 2 rings (SSSR count). The molecule has 6 nitrogen and oxygen atoms in total. The zero-order valence-electron chi connectivity index (χ0n) is 14.9. The third-order valence-electron chi connectivity index (χ3n) is 4.06. The van der Waals surface area contributed by atoms with Crippen molar-refractivity contribution in [3.63, 3.8) is 0 Å². The van der Waals surface area contributed by atoms with Gasteiger partial charge in [-0.1, -0.05) is 12.1 Å². The van der Waals surface area contributed by atoms with Crippen LogP contribution in [0.3, 0.4) is 0 Å². The molecule has 0 aromatic heterocycles. The van der Waals surface area contributed by atoms with E-state index in [2.05, 4.69) is 5.32 Å². The molecule has 2 aromatic carbocycles. The zero-order valence-corrected chi connectivity index (χ0v) is 15.7. The summed E-state index contributed by atoms with van der Waals surface area (Å²) in [6, 6.07) is 14.7. The SMILES string of the molecule is CC(C)N(C)S(=O)(=O)c1ccc(C(=O)NCc2ccc(C#N)cc2)cc1. The number of amides is 1. The molecule has 1 N–H and O–H groups in total. The first-order valence-corrected chi connectivity index (χ1v) is 9.55. The lowest BCUT2D eigenvalue weighted by atomic mass is 10.1. The molecular weight excluding hydrogens is 350 g/mol. The van der Waals surface area contributed by atoms with E-state index in [0.717, 1.165) is 5.56 Å². The third-order valence-corrected chi connectivity index (χ3v) is 6.10. The Morgan fingerprint density at radius 1 is 1.12 bits per heavy atom. The van der Waals surface area contributed by atoms with Crippen LogP contribution in [-0.4, -0.2) is 31.7 Å². The summed E-state index contributed by atoms with van der Waals surface area (Å²) in [6.45, 7) is 3.91. The van der Waals surface area contributed by atoms with Crippen LogP contribution in [0.2, 0.25) is 0 Å². The molecule has 0 saturated carbocycles. The molecule has 0 bridgehead atoms. The van der Waals surface area contributed by atoms with Crippen LogP contribution in [0.15, 0.2) is 53.4 Å². The molecule has 0 aliphatic heterocycles. The topological polar surface area (TPSA) is 90.3 Å². The minimum Gasteiger partial charge on any atom is -0.348 e. The maximum atomic E-state index is 12.4. The Hall–Kier alpha value is -2.69. The van der Waals surface area contributed by atoms with Crippen LogP contribution in [0.1, 0.15) is 35.3 Å². The van der Waals surface area contributed by atoms with Gasteiger partial charge in [-0.3, -0.25) is 4.79 Å². The van der Waals surface area contributed by atoms with Gasteiger partial charge in [-0.2, -0.15) is 9.57 Å². The van der Waals surface area contributed by atoms with Gasteiger partial charge in [-0.25, -0.2) is 8.42 Å². The summed E-state index contributed by atoms with van der Waals surface area (Å²) in [5, 5.41) is 11.5. The fourth-order valence-corrected chi connectivity index (χ4v) is 3.57. The van der Waals surface area contributed by atoms with Crippen LogP contribution in [-0.2, 0) is 16.6 Å². The van der Waals surface area contributed by atoms with E-state index in [1.54, 1.807) is 38.1 Å². The first-order chi connectivity index (χ1) is 12.3. The molecule has 7 heteroatoms.